The monoisotopic (exact) mass is 512 g/mol. The fraction of sp³-hybridized carbons (Fsp3) is 0.200. The molecule has 0 aliphatic rings. The minimum absolute atomic E-state index is 0.0193. The lowest BCUT2D eigenvalue weighted by Crippen LogP contribution is -2.29. The van der Waals surface area contributed by atoms with Gasteiger partial charge < -0.3 is 4.57 Å². The van der Waals surface area contributed by atoms with Crippen LogP contribution in [0.1, 0.15) is 42.1 Å². The summed E-state index contributed by atoms with van der Waals surface area (Å²) >= 11 is 7.49. The number of aromatic nitrogens is 3. The van der Waals surface area contributed by atoms with Gasteiger partial charge in [0.2, 0.25) is 10.0 Å². The number of halogens is 1. The highest BCUT2D eigenvalue weighted by Gasteiger charge is 2.25. The Bertz CT molecular complexity index is 1290. The van der Waals surface area contributed by atoms with E-state index < -0.39 is 16.1 Å². The van der Waals surface area contributed by atoms with Gasteiger partial charge in [0.05, 0.1) is 16.2 Å². The average molecular weight is 513 g/mol. The highest BCUT2D eigenvalue weighted by molar-refractivity contribution is 7.99. The quantitative estimate of drug-likeness (QED) is 0.284. The van der Waals surface area contributed by atoms with Crippen LogP contribution in [0, 0.1) is 0 Å². The minimum atomic E-state index is -3.75. The molecule has 3 aromatic carbocycles. The summed E-state index contributed by atoms with van der Waals surface area (Å²) in [6.45, 7) is 4.37. The van der Waals surface area contributed by atoms with Gasteiger partial charge in [-0.15, -0.1) is 10.2 Å². The first-order valence-corrected chi connectivity index (χ1v) is 13.6. The lowest BCUT2D eigenvalue weighted by molar-refractivity contribution is 0.539. The molecule has 1 atom stereocenters. The van der Waals surface area contributed by atoms with E-state index in [2.05, 4.69) is 39.2 Å². The van der Waals surface area contributed by atoms with Gasteiger partial charge in [-0.05, 0) is 49.2 Å². The van der Waals surface area contributed by atoms with E-state index in [0.29, 0.717) is 17.4 Å². The zero-order valence-electron chi connectivity index (χ0n) is 18.8. The van der Waals surface area contributed by atoms with Crippen LogP contribution in [0.4, 0.5) is 0 Å². The van der Waals surface area contributed by atoms with Crippen LogP contribution in [0.2, 0.25) is 5.02 Å². The van der Waals surface area contributed by atoms with Gasteiger partial charge in [0, 0.05) is 11.6 Å². The smallest absolute Gasteiger partial charge is 0.241 e. The molecule has 1 heterocycles. The number of nitrogens with zero attached hydrogens (tertiary/aromatic N) is 3. The first-order chi connectivity index (χ1) is 16.4. The van der Waals surface area contributed by atoms with Gasteiger partial charge in [0.25, 0.3) is 0 Å². The molecule has 1 aromatic heterocycles. The molecule has 9 heteroatoms. The molecule has 4 rings (SSSR count). The van der Waals surface area contributed by atoms with Crippen LogP contribution in [0.15, 0.2) is 95.0 Å². The average Bonchev–Trinajstić information content (AvgIpc) is 3.26. The molecule has 0 saturated heterocycles. The molecule has 0 bridgehead atoms. The predicted molar refractivity (Wildman–Crippen MR) is 136 cm³/mol. The van der Waals surface area contributed by atoms with Crippen molar-refractivity contribution in [3.8, 4) is 0 Å². The summed E-state index contributed by atoms with van der Waals surface area (Å²) in [4.78, 5) is 0.147. The summed E-state index contributed by atoms with van der Waals surface area (Å²) in [5, 5.41) is 10.0. The van der Waals surface area contributed by atoms with E-state index in [4.69, 9.17) is 11.6 Å². The number of benzene rings is 3. The van der Waals surface area contributed by atoms with E-state index >= 15 is 0 Å². The van der Waals surface area contributed by atoms with Crippen molar-refractivity contribution in [1.82, 2.24) is 19.5 Å². The van der Waals surface area contributed by atoms with Crippen molar-refractivity contribution < 1.29 is 8.42 Å². The zero-order chi connectivity index (χ0) is 24.1. The van der Waals surface area contributed by atoms with Crippen molar-refractivity contribution >= 4 is 33.4 Å². The van der Waals surface area contributed by atoms with Crippen LogP contribution in [-0.4, -0.2) is 23.2 Å². The van der Waals surface area contributed by atoms with Crippen LogP contribution in [-0.2, 0) is 16.6 Å². The van der Waals surface area contributed by atoms with Gasteiger partial charge in [-0.25, -0.2) is 13.1 Å². The Balaban J connectivity index is 1.62. The van der Waals surface area contributed by atoms with Crippen molar-refractivity contribution in [2.24, 2.45) is 0 Å². The summed E-state index contributed by atoms with van der Waals surface area (Å²) in [6.07, 6.45) is 0. The molecule has 1 N–H and O–H groups in total. The number of hydrogen-bond donors (Lipinski definition) is 1. The van der Waals surface area contributed by atoms with E-state index in [1.54, 1.807) is 30.8 Å². The number of nitrogens with one attached hydrogen (secondary N) is 1. The van der Waals surface area contributed by atoms with Crippen LogP contribution < -0.4 is 4.72 Å². The zero-order valence-corrected chi connectivity index (χ0v) is 21.2. The minimum Gasteiger partial charge on any atom is -0.305 e. The molecule has 0 radical (unpaired) electrons. The highest BCUT2D eigenvalue weighted by Crippen LogP contribution is 2.40. The second-order valence-electron chi connectivity index (χ2n) is 7.70. The van der Waals surface area contributed by atoms with Gasteiger partial charge >= 0.3 is 0 Å². The summed E-state index contributed by atoms with van der Waals surface area (Å²) in [5.41, 5.74) is 2.31. The van der Waals surface area contributed by atoms with E-state index in [1.807, 2.05) is 47.9 Å². The number of sulfonamides is 1. The number of rotatable bonds is 9. The first kappa shape index (κ1) is 24.5. The summed E-state index contributed by atoms with van der Waals surface area (Å²) in [5.74, 6) is 0.558. The summed E-state index contributed by atoms with van der Waals surface area (Å²) in [6, 6.07) is 26.0. The Hall–Kier alpha value is -2.65. The van der Waals surface area contributed by atoms with Gasteiger partial charge in [-0.3, -0.25) is 0 Å². The van der Waals surface area contributed by atoms with Crippen LogP contribution in [0.3, 0.4) is 0 Å². The molecule has 0 unspecified atom stereocenters. The van der Waals surface area contributed by atoms with E-state index in [1.165, 1.54) is 12.1 Å². The maximum atomic E-state index is 12.9. The second kappa shape index (κ2) is 10.7. The summed E-state index contributed by atoms with van der Waals surface area (Å²) in [7, 11) is -3.75. The molecule has 6 nitrogen and oxygen atoms in total. The van der Waals surface area contributed by atoms with E-state index in [-0.39, 0.29) is 10.1 Å². The molecule has 0 fully saturated rings. The predicted octanol–water partition coefficient (Wildman–Crippen LogP) is 5.87. The van der Waals surface area contributed by atoms with Crippen molar-refractivity contribution in [3.63, 3.8) is 0 Å². The maximum absolute atomic E-state index is 12.9. The largest absolute Gasteiger partial charge is 0.305 e. The fourth-order valence-corrected chi connectivity index (χ4v) is 6.22. The molecular formula is C25H25ClN4O2S2. The molecule has 0 saturated carbocycles. The normalized spacial score (nSPS) is 12.7. The van der Waals surface area contributed by atoms with E-state index in [9.17, 15) is 8.42 Å². The van der Waals surface area contributed by atoms with Gasteiger partial charge in [-0.2, -0.15) is 0 Å². The number of thioether (sulfide) groups is 1. The standard InChI is InChI=1S/C25H25ClN4O2S2/c1-3-30-24(18(2)29-34(31,32)22-16-14-21(26)15-17-22)27-28-25(30)33-23(19-10-6-4-7-11-19)20-12-8-5-9-13-20/h4-18,23,29H,3H2,1-2H3/t18-/m1/s1. The fourth-order valence-electron chi connectivity index (χ4n) is 3.66. The number of hydrogen-bond acceptors (Lipinski definition) is 5. The van der Waals surface area contributed by atoms with Crippen LogP contribution >= 0.6 is 23.4 Å². The Morgan fingerprint density at radius 2 is 1.47 bits per heavy atom. The van der Waals surface area contributed by atoms with Gasteiger partial charge in [0.1, 0.15) is 0 Å². The third-order valence-electron chi connectivity index (χ3n) is 5.33. The maximum Gasteiger partial charge on any atom is 0.241 e. The topological polar surface area (TPSA) is 76.9 Å². The SMILES string of the molecule is CCn1c(SC(c2ccccc2)c2ccccc2)nnc1[C@@H](C)NS(=O)(=O)c1ccc(Cl)cc1. The molecule has 4 aromatic rings. The lowest BCUT2D eigenvalue weighted by atomic mass is 10.0. The molecule has 0 aliphatic carbocycles. The second-order valence-corrected chi connectivity index (χ2v) is 10.9. The molecule has 34 heavy (non-hydrogen) atoms. The van der Waals surface area contributed by atoms with Gasteiger partial charge in [0.15, 0.2) is 11.0 Å². The first-order valence-electron chi connectivity index (χ1n) is 10.9. The van der Waals surface area contributed by atoms with Crippen LogP contribution in [0.25, 0.3) is 0 Å². The Morgan fingerprint density at radius 1 is 0.912 bits per heavy atom. The summed E-state index contributed by atoms with van der Waals surface area (Å²) < 4.78 is 30.4. The third kappa shape index (κ3) is 5.52. The van der Waals surface area contributed by atoms with Crippen LogP contribution in [0.5, 0.6) is 0 Å². The molecule has 0 spiro atoms. The van der Waals surface area contributed by atoms with Gasteiger partial charge in [-0.1, -0.05) is 84.0 Å². The molecule has 0 aliphatic heterocycles. The molecule has 0 amide bonds. The van der Waals surface area contributed by atoms with Crippen molar-refractivity contribution in [2.75, 3.05) is 0 Å². The highest BCUT2D eigenvalue weighted by atomic mass is 35.5. The third-order valence-corrected chi connectivity index (χ3v) is 8.43. The van der Waals surface area contributed by atoms with E-state index in [0.717, 1.165) is 16.3 Å². The lowest BCUT2D eigenvalue weighted by Gasteiger charge is -2.19. The van der Waals surface area contributed by atoms with Crippen molar-refractivity contribution in [2.45, 2.75) is 41.7 Å². The Kier molecular flexibility index (Phi) is 7.73. The Morgan fingerprint density at radius 3 is 2.00 bits per heavy atom. The van der Waals surface area contributed by atoms with Crippen molar-refractivity contribution in [3.05, 3.63) is 107 Å². The molecule has 176 valence electrons. The Labute approximate surface area is 209 Å². The van der Waals surface area contributed by atoms with Crippen molar-refractivity contribution in [1.29, 1.82) is 0 Å². The molecular weight excluding hydrogens is 488 g/mol.